The second-order valence-corrected chi connectivity index (χ2v) is 8.36. The molecule has 2 unspecified atom stereocenters. The maximum absolute atomic E-state index is 12.9. The molecule has 0 N–H and O–H groups in total. The predicted octanol–water partition coefficient (Wildman–Crippen LogP) is 3.53. The van der Waals surface area contributed by atoms with Crippen LogP contribution in [0.3, 0.4) is 0 Å². The third-order valence-corrected chi connectivity index (χ3v) is 5.78. The van der Waals surface area contributed by atoms with Crippen LogP contribution >= 0.6 is 27.5 Å². The number of aromatic nitrogens is 1. The Morgan fingerprint density at radius 2 is 1.96 bits per heavy atom. The molecule has 4 rings (SSSR count). The van der Waals surface area contributed by atoms with Crippen molar-refractivity contribution < 1.29 is 14.3 Å². The summed E-state index contributed by atoms with van der Waals surface area (Å²) in [6, 6.07) is 10.8. The topological polar surface area (TPSA) is 62.7 Å². The van der Waals surface area contributed by atoms with E-state index in [4.69, 9.17) is 16.3 Å². The van der Waals surface area contributed by atoms with Gasteiger partial charge in [-0.05, 0) is 46.3 Å². The third kappa shape index (κ3) is 4.15. The van der Waals surface area contributed by atoms with E-state index in [2.05, 4.69) is 20.9 Å². The molecule has 2 aliphatic heterocycles. The second kappa shape index (κ2) is 8.09. The zero-order chi connectivity index (χ0) is 19.7. The number of carbonyl (C=O) groups is 2. The molecule has 28 heavy (non-hydrogen) atoms. The number of halogens is 2. The van der Waals surface area contributed by atoms with Gasteiger partial charge in [-0.2, -0.15) is 0 Å². The van der Waals surface area contributed by atoms with Gasteiger partial charge in [-0.1, -0.05) is 11.6 Å². The number of likely N-dealkylation sites (tertiary alicyclic amines) is 1. The van der Waals surface area contributed by atoms with Crippen molar-refractivity contribution in [2.45, 2.75) is 18.9 Å². The zero-order valence-electron chi connectivity index (χ0n) is 15.1. The van der Waals surface area contributed by atoms with Gasteiger partial charge in [0, 0.05) is 53.4 Å². The normalized spacial score (nSPS) is 22.0. The number of anilines is 1. The maximum Gasteiger partial charge on any atom is 0.228 e. The van der Waals surface area contributed by atoms with Crippen LogP contribution in [0.5, 0.6) is 5.88 Å². The molecule has 3 heterocycles. The molecular weight excluding hydrogens is 446 g/mol. The molecule has 0 saturated carbocycles. The minimum Gasteiger partial charge on any atom is -0.472 e. The summed E-state index contributed by atoms with van der Waals surface area (Å²) in [5.41, 5.74) is 0.772. The molecule has 2 aromatic rings. The lowest BCUT2D eigenvalue weighted by Crippen LogP contribution is -2.37. The van der Waals surface area contributed by atoms with Crippen molar-refractivity contribution in [3.05, 3.63) is 52.1 Å². The minimum absolute atomic E-state index is 0.0136. The predicted molar refractivity (Wildman–Crippen MR) is 109 cm³/mol. The number of amides is 2. The smallest absolute Gasteiger partial charge is 0.228 e. The fraction of sp³-hybridized carbons (Fsp3) is 0.350. The molecule has 2 saturated heterocycles. The van der Waals surface area contributed by atoms with E-state index >= 15 is 0 Å². The van der Waals surface area contributed by atoms with Gasteiger partial charge in [0.25, 0.3) is 0 Å². The largest absolute Gasteiger partial charge is 0.472 e. The van der Waals surface area contributed by atoms with Crippen LogP contribution in [-0.4, -0.2) is 47.4 Å². The van der Waals surface area contributed by atoms with E-state index in [1.165, 1.54) is 0 Å². The monoisotopic (exact) mass is 463 g/mol. The molecule has 2 amide bonds. The molecular formula is C20H19BrClN3O3. The van der Waals surface area contributed by atoms with Crippen LogP contribution in [0.15, 0.2) is 47.1 Å². The highest BCUT2D eigenvalue weighted by atomic mass is 79.9. The van der Waals surface area contributed by atoms with Gasteiger partial charge in [0.2, 0.25) is 17.7 Å². The highest BCUT2D eigenvalue weighted by Gasteiger charge is 2.39. The third-order valence-electron chi connectivity index (χ3n) is 5.06. The minimum atomic E-state index is -0.326. The highest BCUT2D eigenvalue weighted by Crippen LogP contribution is 2.28. The standard InChI is InChI=1S/C20H19BrClN3O3/c21-14-1-6-18(23-10-14)28-17-7-8-24(12-17)20(27)13-9-19(26)25(11-13)16-4-2-15(22)3-5-16/h1-6,10,13,17H,7-9,11-12H2. The van der Waals surface area contributed by atoms with Crippen LogP contribution in [0, 0.1) is 5.92 Å². The van der Waals surface area contributed by atoms with Gasteiger partial charge >= 0.3 is 0 Å². The summed E-state index contributed by atoms with van der Waals surface area (Å²) in [4.78, 5) is 33.0. The molecule has 0 spiro atoms. The average molecular weight is 465 g/mol. The fourth-order valence-corrected chi connectivity index (χ4v) is 3.99. The molecule has 0 aliphatic carbocycles. The number of benzene rings is 1. The Morgan fingerprint density at radius 3 is 2.68 bits per heavy atom. The molecule has 1 aromatic heterocycles. The van der Waals surface area contributed by atoms with Gasteiger partial charge < -0.3 is 14.5 Å². The van der Waals surface area contributed by atoms with Gasteiger partial charge in [0.05, 0.1) is 12.5 Å². The van der Waals surface area contributed by atoms with Crippen molar-refractivity contribution >= 4 is 45.0 Å². The lowest BCUT2D eigenvalue weighted by molar-refractivity contribution is -0.135. The second-order valence-electron chi connectivity index (χ2n) is 7.01. The van der Waals surface area contributed by atoms with Gasteiger partial charge in [-0.25, -0.2) is 4.98 Å². The van der Waals surface area contributed by atoms with Crippen LogP contribution in [-0.2, 0) is 9.59 Å². The molecule has 2 atom stereocenters. The summed E-state index contributed by atoms with van der Waals surface area (Å²) in [6.45, 7) is 1.55. The van der Waals surface area contributed by atoms with Crippen molar-refractivity contribution in [2.24, 2.45) is 5.92 Å². The first-order valence-corrected chi connectivity index (χ1v) is 10.3. The summed E-state index contributed by atoms with van der Waals surface area (Å²) >= 11 is 9.26. The maximum atomic E-state index is 12.9. The Kier molecular flexibility index (Phi) is 5.55. The Balaban J connectivity index is 1.35. The fourth-order valence-electron chi connectivity index (χ4n) is 3.63. The molecule has 6 nitrogen and oxygen atoms in total. The number of ether oxygens (including phenoxy) is 1. The van der Waals surface area contributed by atoms with E-state index < -0.39 is 0 Å². The zero-order valence-corrected chi connectivity index (χ0v) is 17.4. The molecule has 146 valence electrons. The Morgan fingerprint density at radius 1 is 1.18 bits per heavy atom. The average Bonchev–Trinajstić information content (AvgIpc) is 3.31. The van der Waals surface area contributed by atoms with E-state index in [1.54, 1.807) is 46.3 Å². The van der Waals surface area contributed by atoms with E-state index in [9.17, 15) is 9.59 Å². The molecule has 8 heteroatoms. The van der Waals surface area contributed by atoms with Crippen LogP contribution in [0.2, 0.25) is 5.02 Å². The lowest BCUT2D eigenvalue weighted by atomic mass is 10.1. The van der Waals surface area contributed by atoms with Gasteiger partial charge in [0.1, 0.15) is 6.10 Å². The number of carbonyl (C=O) groups excluding carboxylic acids is 2. The number of nitrogens with zero attached hydrogens (tertiary/aromatic N) is 3. The number of hydrogen-bond acceptors (Lipinski definition) is 4. The van der Waals surface area contributed by atoms with Crippen molar-refractivity contribution in [3.63, 3.8) is 0 Å². The Labute approximate surface area is 176 Å². The van der Waals surface area contributed by atoms with Crippen LogP contribution in [0.4, 0.5) is 5.69 Å². The number of pyridine rings is 1. The van der Waals surface area contributed by atoms with Gasteiger partial charge in [-0.3, -0.25) is 9.59 Å². The summed E-state index contributed by atoms with van der Waals surface area (Å²) in [5, 5.41) is 0.617. The molecule has 0 bridgehead atoms. The highest BCUT2D eigenvalue weighted by molar-refractivity contribution is 9.10. The first-order chi connectivity index (χ1) is 13.5. The Bertz CT molecular complexity index is 875. The van der Waals surface area contributed by atoms with Crippen molar-refractivity contribution in [1.29, 1.82) is 0 Å². The summed E-state index contributed by atoms with van der Waals surface area (Å²) < 4.78 is 6.77. The summed E-state index contributed by atoms with van der Waals surface area (Å²) in [5.74, 6) is 0.201. The van der Waals surface area contributed by atoms with E-state index in [-0.39, 0.29) is 30.3 Å². The number of rotatable bonds is 4. The lowest BCUT2D eigenvalue weighted by Gasteiger charge is -2.21. The van der Waals surface area contributed by atoms with Crippen molar-refractivity contribution in [2.75, 3.05) is 24.5 Å². The molecule has 2 fully saturated rings. The quantitative estimate of drug-likeness (QED) is 0.694. The first kappa shape index (κ1) is 19.2. The summed E-state index contributed by atoms with van der Waals surface area (Å²) in [6.07, 6.45) is 2.59. The molecule has 0 radical (unpaired) electrons. The SMILES string of the molecule is O=C(C1CC(=O)N(c2ccc(Cl)cc2)C1)N1CCC(Oc2ccc(Br)cn2)C1. The molecule has 2 aliphatic rings. The van der Waals surface area contributed by atoms with Crippen molar-refractivity contribution in [1.82, 2.24) is 9.88 Å². The van der Waals surface area contributed by atoms with Gasteiger partial charge in [0.15, 0.2) is 0 Å². The van der Waals surface area contributed by atoms with E-state index in [0.29, 0.717) is 30.5 Å². The summed E-state index contributed by atoms with van der Waals surface area (Å²) in [7, 11) is 0. The van der Waals surface area contributed by atoms with E-state index in [1.807, 2.05) is 6.07 Å². The van der Waals surface area contributed by atoms with Crippen LogP contribution in [0.25, 0.3) is 0 Å². The van der Waals surface area contributed by atoms with Crippen molar-refractivity contribution in [3.8, 4) is 5.88 Å². The van der Waals surface area contributed by atoms with Gasteiger partial charge in [-0.15, -0.1) is 0 Å². The molecule has 1 aromatic carbocycles. The Hall–Kier alpha value is -2.12. The van der Waals surface area contributed by atoms with E-state index in [0.717, 1.165) is 16.6 Å². The van der Waals surface area contributed by atoms with Crippen LogP contribution < -0.4 is 9.64 Å². The number of hydrogen-bond donors (Lipinski definition) is 0. The first-order valence-electron chi connectivity index (χ1n) is 9.12. The van der Waals surface area contributed by atoms with Crippen LogP contribution in [0.1, 0.15) is 12.8 Å².